The largest absolute Gasteiger partial charge is 0.360 e. The lowest BCUT2D eigenvalue weighted by Gasteiger charge is -2.36. The number of hydrogen-bond donors (Lipinski definition) is 0. The highest BCUT2D eigenvalue weighted by molar-refractivity contribution is 6.33. The molecule has 5 aromatic rings. The molecule has 11 nitrogen and oxygen atoms in total. The average molecular weight is 543 g/mol. The van der Waals surface area contributed by atoms with Gasteiger partial charge in [0.05, 0.1) is 30.3 Å². The maximum atomic E-state index is 13.6. The Hall–Kier alpha value is -4.23. The first kappa shape index (κ1) is 25.1. The van der Waals surface area contributed by atoms with Gasteiger partial charge < -0.3 is 9.64 Å². The molecule has 0 bridgehead atoms. The van der Waals surface area contributed by atoms with Crippen LogP contribution in [0.3, 0.4) is 0 Å². The van der Waals surface area contributed by atoms with Crippen LogP contribution in [0.15, 0.2) is 55.2 Å². The number of aromatic nitrogens is 9. The molecule has 6 rings (SSSR count). The van der Waals surface area contributed by atoms with Crippen LogP contribution >= 0.6 is 0 Å². The van der Waals surface area contributed by atoms with Crippen LogP contribution in [0.1, 0.15) is 31.0 Å². The van der Waals surface area contributed by atoms with E-state index in [1.807, 2.05) is 23.9 Å². The normalized spacial score (nSPS) is 14.5. The molecule has 0 fully saturated rings. The third kappa shape index (κ3) is 4.53. The first-order valence-corrected chi connectivity index (χ1v) is 14.4. The van der Waals surface area contributed by atoms with E-state index in [4.69, 9.17) is 14.7 Å². The smallest absolute Gasteiger partial charge is 0.237 e. The van der Waals surface area contributed by atoms with Crippen molar-refractivity contribution in [3.63, 3.8) is 0 Å². The summed E-state index contributed by atoms with van der Waals surface area (Å²) in [6.07, 6.45) is 9.80. The van der Waals surface area contributed by atoms with Crippen molar-refractivity contribution in [2.75, 3.05) is 11.5 Å². The van der Waals surface area contributed by atoms with Crippen LogP contribution in [-0.2, 0) is 11.5 Å². The monoisotopic (exact) mass is 542 g/mol. The molecule has 5 heterocycles. The number of halogens is 1. The molecule has 0 amide bonds. The highest BCUT2D eigenvalue weighted by atomic mass is 28.2. The van der Waals surface area contributed by atoms with Gasteiger partial charge in [0.25, 0.3) is 0 Å². The highest BCUT2D eigenvalue weighted by Crippen LogP contribution is 2.43. The highest BCUT2D eigenvalue weighted by Gasteiger charge is 2.36. The molecular formula is C26H27FN10OSi. The first-order valence-electron chi connectivity index (χ1n) is 12.7. The van der Waals surface area contributed by atoms with Crippen LogP contribution in [0.2, 0.25) is 12.6 Å². The standard InChI is InChI=1S/C26H27FN10OSi/c1-4-21-25-33-32-17(2)36(25)22-14-29-26(35-10-9-28-23(35)18-5-7-19(27)8-6-18)31-24(22)37(21)20-13-30-34(15-20)16-38-11-12-39-3/h5-10,13-15,21H,4,11-12,16H2,1-3H3. The van der Waals surface area contributed by atoms with Crippen molar-refractivity contribution in [2.24, 2.45) is 0 Å². The fourth-order valence-electron chi connectivity index (χ4n) is 4.79. The number of hydrogen-bond acceptors (Lipinski definition) is 8. The number of anilines is 2. The lowest BCUT2D eigenvalue weighted by molar-refractivity contribution is 0.0792. The summed E-state index contributed by atoms with van der Waals surface area (Å²) in [4.78, 5) is 16.4. The SMILES string of the molecule is CCC1c2nnc(C)n2-c2cnc(-n3ccnc3-c3ccc(F)cc3)nc2N1c1cnn(COCC[Si]C)c1. The maximum absolute atomic E-state index is 13.6. The summed E-state index contributed by atoms with van der Waals surface area (Å²) in [5.74, 6) is 3.03. The number of fused-ring (bicyclic) bond motifs is 3. The van der Waals surface area contributed by atoms with Gasteiger partial charge in [-0.25, -0.2) is 19.0 Å². The predicted octanol–water partition coefficient (Wildman–Crippen LogP) is 4.30. The number of rotatable bonds is 9. The van der Waals surface area contributed by atoms with Crippen molar-refractivity contribution in [3.05, 3.63) is 72.7 Å². The molecule has 0 aliphatic carbocycles. The molecule has 1 atom stereocenters. The van der Waals surface area contributed by atoms with Crippen molar-refractivity contribution < 1.29 is 9.13 Å². The molecule has 39 heavy (non-hydrogen) atoms. The summed E-state index contributed by atoms with van der Waals surface area (Å²) in [5, 5.41) is 13.4. The summed E-state index contributed by atoms with van der Waals surface area (Å²) >= 11 is 0. The van der Waals surface area contributed by atoms with Crippen LogP contribution in [-0.4, -0.2) is 60.2 Å². The minimum absolute atomic E-state index is 0.124. The fourth-order valence-corrected chi connectivity index (χ4v) is 5.14. The summed E-state index contributed by atoms with van der Waals surface area (Å²) in [5.41, 5.74) is 2.40. The van der Waals surface area contributed by atoms with Crippen molar-refractivity contribution in [3.8, 4) is 23.0 Å². The van der Waals surface area contributed by atoms with Gasteiger partial charge in [0.15, 0.2) is 11.6 Å². The van der Waals surface area contributed by atoms with Crippen LogP contribution in [0.4, 0.5) is 15.9 Å². The Morgan fingerprint density at radius 1 is 1.10 bits per heavy atom. The van der Waals surface area contributed by atoms with Gasteiger partial charge in [-0.05, 0) is 43.7 Å². The zero-order valence-electron chi connectivity index (χ0n) is 21.9. The molecule has 1 aromatic carbocycles. The van der Waals surface area contributed by atoms with E-state index in [9.17, 15) is 4.39 Å². The zero-order valence-corrected chi connectivity index (χ0v) is 22.9. The summed E-state index contributed by atoms with van der Waals surface area (Å²) < 4.78 is 24.9. The van der Waals surface area contributed by atoms with Crippen molar-refractivity contribution in [1.82, 2.24) is 44.1 Å². The minimum Gasteiger partial charge on any atom is -0.360 e. The van der Waals surface area contributed by atoms with Crippen LogP contribution < -0.4 is 4.90 Å². The van der Waals surface area contributed by atoms with Crippen molar-refractivity contribution in [2.45, 2.75) is 45.6 Å². The topological polar surface area (TPSA) is 105 Å². The Kier molecular flexibility index (Phi) is 6.75. The molecule has 13 heteroatoms. The first-order chi connectivity index (χ1) is 19.1. The third-order valence-corrected chi connectivity index (χ3v) is 7.33. The van der Waals surface area contributed by atoms with E-state index in [1.165, 1.54) is 12.1 Å². The second-order valence-electron chi connectivity index (χ2n) is 9.12. The molecule has 2 radical (unpaired) electrons. The van der Waals surface area contributed by atoms with Crippen molar-refractivity contribution in [1.29, 1.82) is 0 Å². The van der Waals surface area contributed by atoms with E-state index in [-0.39, 0.29) is 11.9 Å². The lowest BCUT2D eigenvalue weighted by atomic mass is 10.1. The lowest BCUT2D eigenvalue weighted by Crippen LogP contribution is -2.32. The molecular weight excluding hydrogens is 515 g/mol. The quantitative estimate of drug-likeness (QED) is 0.201. The molecule has 1 aliphatic heterocycles. The van der Waals surface area contributed by atoms with E-state index < -0.39 is 0 Å². The molecule has 1 aliphatic rings. The second kappa shape index (κ2) is 10.5. The Morgan fingerprint density at radius 2 is 1.95 bits per heavy atom. The molecule has 4 aromatic heterocycles. The summed E-state index contributed by atoms with van der Waals surface area (Å²) in [6.45, 7) is 7.28. The summed E-state index contributed by atoms with van der Waals surface area (Å²) in [7, 11) is 0.858. The van der Waals surface area contributed by atoms with Gasteiger partial charge in [-0.15, -0.1) is 10.2 Å². The molecule has 198 valence electrons. The number of ether oxygens (including phenoxy) is 1. The minimum atomic E-state index is -0.306. The van der Waals surface area contributed by atoms with Crippen LogP contribution in [0.5, 0.6) is 0 Å². The Balaban J connectivity index is 1.44. The molecule has 0 spiro atoms. The van der Waals surface area contributed by atoms with E-state index in [2.05, 4.69) is 38.7 Å². The molecule has 0 N–H and O–H groups in total. The Morgan fingerprint density at radius 3 is 2.74 bits per heavy atom. The summed E-state index contributed by atoms with van der Waals surface area (Å²) in [6, 6.07) is 7.12. The van der Waals surface area contributed by atoms with Gasteiger partial charge in [-0.3, -0.25) is 9.13 Å². The van der Waals surface area contributed by atoms with Gasteiger partial charge in [-0.1, -0.05) is 13.5 Å². The van der Waals surface area contributed by atoms with Gasteiger partial charge in [0.1, 0.15) is 29.9 Å². The molecule has 1 unspecified atom stereocenters. The van der Waals surface area contributed by atoms with Gasteiger partial charge in [0, 0.05) is 34.1 Å². The maximum Gasteiger partial charge on any atom is 0.237 e. The van der Waals surface area contributed by atoms with Gasteiger partial charge in [0.2, 0.25) is 5.95 Å². The number of nitrogens with zero attached hydrogens (tertiary/aromatic N) is 10. The van der Waals surface area contributed by atoms with Crippen LogP contribution in [0, 0.1) is 12.7 Å². The number of benzene rings is 1. The Bertz CT molecular complexity index is 1590. The van der Waals surface area contributed by atoms with E-state index >= 15 is 0 Å². The van der Waals surface area contributed by atoms with E-state index in [0.29, 0.717) is 30.9 Å². The van der Waals surface area contributed by atoms with Crippen molar-refractivity contribution >= 4 is 21.0 Å². The van der Waals surface area contributed by atoms with E-state index in [0.717, 1.165) is 50.6 Å². The molecule has 0 saturated carbocycles. The fraction of sp³-hybridized carbons (Fsp3) is 0.308. The number of imidazole rings is 1. The average Bonchev–Trinajstić information content (AvgIpc) is 3.71. The third-order valence-electron chi connectivity index (χ3n) is 6.63. The predicted molar refractivity (Wildman–Crippen MR) is 144 cm³/mol. The van der Waals surface area contributed by atoms with Gasteiger partial charge in [-0.2, -0.15) is 10.1 Å². The second-order valence-corrected chi connectivity index (χ2v) is 10.3. The zero-order chi connectivity index (χ0) is 26.9. The van der Waals surface area contributed by atoms with E-state index in [1.54, 1.807) is 40.0 Å². The Labute approximate surface area is 227 Å². The van der Waals surface area contributed by atoms with Crippen LogP contribution in [0.25, 0.3) is 23.0 Å². The molecule has 0 saturated heterocycles. The number of aryl methyl sites for hydroxylation is 1. The van der Waals surface area contributed by atoms with Gasteiger partial charge >= 0.3 is 0 Å².